The largest absolute Gasteiger partial charge is 0.496 e. The van der Waals surface area contributed by atoms with E-state index in [4.69, 9.17) is 10.5 Å². The summed E-state index contributed by atoms with van der Waals surface area (Å²) < 4.78 is 5.41. The topological polar surface area (TPSA) is 38.5 Å². The average molecular weight is 220 g/mol. The monoisotopic (exact) mass is 220 g/mol. The molecule has 1 unspecified atom stereocenters. The van der Waals surface area contributed by atoms with Crippen LogP contribution in [0.3, 0.4) is 0 Å². The molecule has 1 aliphatic heterocycles. The summed E-state index contributed by atoms with van der Waals surface area (Å²) in [4.78, 5) is 2.40. The average Bonchev–Trinajstić information content (AvgIpc) is 2.66. The van der Waals surface area contributed by atoms with Gasteiger partial charge in [-0.3, -0.25) is 0 Å². The number of anilines is 1. The second kappa shape index (κ2) is 4.34. The fourth-order valence-corrected chi connectivity index (χ4v) is 2.62. The number of hydrogen-bond donors (Lipinski definition) is 1. The van der Waals surface area contributed by atoms with Crippen LogP contribution in [0.25, 0.3) is 0 Å². The molecule has 1 aromatic rings. The molecule has 1 heterocycles. The lowest BCUT2D eigenvalue weighted by Gasteiger charge is -2.30. The maximum atomic E-state index is 5.85. The SMILES string of the molecule is COc1cccc2c1CC(CN)N2C(C)C. The van der Waals surface area contributed by atoms with Crippen molar-refractivity contribution in [3.8, 4) is 5.75 Å². The molecule has 88 valence electrons. The maximum absolute atomic E-state index is 5.85. The molecular formula is C13H20N2O. The molecule has 2 rings (SSSR count). The van der Waals surface area contributed by atoms with Crippen molar-refractivity contribution in [3.63, 3.8) is 0 Å². The lowest BCUT2D eigenvalue weighted by Crippen LogP contribution is -2.42. The molecule has 0 radical (unpaired) electrons. The third kappa shape index (κ3) is 1.65. The van der Waals surface area contributed by atoms with Gasteiger partial charge in [-0.05, 0) is 32.4 Å². The fraction of sp³-hybridized carbons (Fsp3) is 0.538. The number of nitrogens with two attached hydrogens (primary N) is 1. The number of rotatable bonds is 3. The molecular weight excluding hydrogens is 200 g/mol. The van der Waals surface area contributed by atoms with E-state index >= 15 is 0 Å². The first-order chi connectivity index (χ1) is 7.69. The molecule has 2 N–H and O–H groups in total. The quantitative estimate of drug-likeness (QED) is 0.844. The molecule has 0 bridgehead atoms. The van der Waals surface area contributed by atoms with Gasteiger partial charge in [0, 0.05) is 29.9 Å². The Morgan fingerprint density at radius 2 is 2.25 bits per heavy atom. The predicted molar refractivity (Wildman–Crippen MR) is 67.2 cm³/mol. The summed E-state index contributed by atoms with van der Waals surface area (Å²) in [6.07, 6.45) is 0.994. The lowest BCUT2D eigenvalue weighted by molar-refractivity contribution is 0.410. The van der Waals surface area contributed by atoms with Crippen LogP contribution in [0.15, 0.2) is 18.2 Å². The zero-order chi connectivity index (χ0) is 11.7. The van der Waals surface area contributed by atoms with Crippen LogP contribution in [0.4, 0.5) is 5.69 Å². The van der Waals surface area contributed by atoms with Crippen LogP contribution in [0.1, 0.15) is 19.4 Å². The number of methoxy groups -OCH3 is 1. The Morgan fingerprint density at radius 3 is 2.81 bits per heavy atom. The Labute approximate surface area is 97.2 Å². The van der Waals surface area contributed by atoms with Crippen LogP contribution >= 0.6 is 0 Å². The Morgan fingerprint density at radius 1 is 1.50 bits per heavy atom. The minimum absolute atomic E-state index is 0.409. The van der Waals surface area contributed by atoms with E-state index in [1.807, 2.05) is 12.1 Å². The highest BCUT2D eigenvalue weighted by Gasteiger charge is 2.31. The van der Waals surface area contributed by atoms with Gasteiger partial charge in [0.25, 0.3) is 0 Å². The molecule has 0 spiro atoms. The highest BCUT2D eigenvalue weighted by atomic mass is 16.5. The van der Waals surface area contributed by atoms with Crippen molar-refractivity contribution in [3.05, 3.63) is 23.8 Å². The first-order valence-electron chi connectivity index (χ1n) is 5.83. The van der Waals surface area contributed by atoms with E-state index in [0.29, 0.717) is 18.6 Å². The van der Waals surface area contributed by atoms with Crippen molar-refractivity contribution < 1.29 is 4.74 Å². The summed E-state index contributed by atoms with van der Waals surface area (Å²) >= 11 is 0. The minimum atomic E-state index is 0.409. The van der Waals surface area contributed by atoms with E-state index in [1.165, 1.54) is 11.3 Å². The van der Waals surface area contributed by atoms with E-state index in [1.54, 1.807) is 7.11 Å². The summed E-state index contributed by atoms with van der Waals surface area (Å²) in [5, 5.41) is 0. The Hall–Kier alpha value is -1.22. The molecule has 1 aromatic carbocycles. The molecule has 0 aliphatic carbocycles. The predicted octanol–water partition coefficient (Wildman–Crippen LogP) is 1.79. The normalized spacial score (nSPS) is 19.1. The van der Waals surface area contributed by atoms with E-state index in [0.717, 1.165) is 12.2 Å². The van der Waals surface area contributed by atoms with Crippen molar-refractivity contribution in [1.82, 2.24) is 0 Å². The van der Waals surface area contributed by atoms with Crippen molar-refractivity contribution >= 4 is 5.69 Å². The van der Waals surface area contributed by atoms with Gasteiger partial charge in [0.15, 0.2) is 0 Å². The molecule has 0 fully saturated rings. The smallest absolute Gasteiger partial charge is 0.124 e. The van der Waals surface area contributed by atoms with Gasteiger partial charge in [0.05, 0.1) is 7.11 Å². The molecule has 0 amide bonds. The summed E-state index contributed by atoms with van der Waals surface area (Å²) in [7, 11) is 1.73. The molecule has 16 heavy (non-hydrogen) atoms. The van der Waals surface area contributed by atoms with Crippen molar-refractivity contribution in [1.29, 1.82) is 0 Å². The number of nitrogens with zero attached hydrogens (tertiary/aromatic N) is 1. The van der Waals surface area contributed by atoms with Gasteiger partial charge in [-0.25, -0.2) is 0 Å². The lowest BCUT2D eigenvalue weighted by atomic mass is 10.1. The molecule has 3 heteroatoms. The number of hydrogen-bond acceptors (Lipinski definition) is 3. The van der Waals surface area contributed by atoms with Crippen LogP contribution in [0.2, 0.25) is 0 Å². The second-order valence-corrected chi connectivity index (χ2v) is 4.55. The summed E-state index contributed by atoms with van der Waals surface area (Å²) in [5.41, 5.74) is 8.43. The van der Waals surface area contributed by atoms with Crippen LogP contribution in [-0.2, 0) is 6.42 Å². The van der Waals surface area contributed by atoms with Crippen LogP contribution in [-0.4, -0.2) is 25.7 Å². The van der Waals surface area contributed by atoms with Gasteiger partial charge >= 0.3 is 0 Å². The number of benzene rings is 1. The van der Waals surface area contributed by atoms with Gasteiger partial charge in [-0.1, -0.05) is 6.07 Å². The van der Waals surface area contributed by atoms with Crippen LogP contribution in [0, 0.1) is 0 Å². The minimum Gasteiger partial charge on any atom is -0.496 e. The van der Waals surface area contributed by atoms with Crippen molar-refractivity contribution in [2.75, 3.05) is 18.6 Å². The Bertz CT molecular complexity index is 376. The van der Waals surface area contributed by atoms with Crippen LogP contribution in [0.5, 0.6) is 5.75 Å². The van der Waals surface area contributed by atoms with E-state index in [2.05, 4.69) is 24.8 Å². The maximum Gasteiger partial charge on any atom is 0.124 e. The third-order valence-electron chi connectivity index (χ3n) is 3.27. The summed E-state index contributed by atoms with van der Waals surface area (Å²) in [5.74, 6) is 0.985. The van der Waals surface area contributed by atoms with Crippen LogP contribution < -0.4 is 15.4 Å². The highest BCUT2D eigenvalue weighted by Crippen LogP contribution is 2.38. The Kier molecular flexibility index (Phi) is 3.06. The molecule has 3 nitrogen and oxygen atoms in total. The van der Waals surface area contributed by atoms with Crippen molar-refractivity contribution in [2.45, 2.75) is 32.4 Å². The zero-order valence-electron chi connectivity index (χ0n) is 10.2. The second-order valence-electron chi connectivity index (χ2n) is 4.55. The zero-order valence-corrected chi connectivity index (χ0v) is 10.2. The summed E-state index contributed by atoms with van der Waals surface area (Å²) in [6.45, 7) is 5.10. The Balaban J connectivity index is 2.44. The van der Waals surface area contributed by atoms with Gasteiger partial charge in [0.1, 0.15) is 5.75 Å². The standard InChI is InChI=1S/C13H20N2O/c1-9(2)15-10(8-14)7-11-12(15)5-4-6-13(11)16-3/h4-6,9-10H,7-8,14H2,1-3H3. The highest BCUT2D eigenvalue weighted by molar-refractivity contribution is 5.65. The molecule has 0 saturated carbocycles. The molecule has 1 aliphatic rings. The fourth-order valence-electron chi connectivity index (χ4n) is 2.62. The molecule has 0 aromatic heterocycles. The first-order valence-corrected chi connectivity index (χ1v) is 5.83. The third-order valence-corrected chi connectivity index (χ3v) is 3.27. The van der Waals surface area contributed by atoms with Gasteiger partial charge in [-0.15, -0.1) is 0 Å². The van der Waals surface area contributed by atoms with Crippen molar-refractivity contribution in [2.24, 2.45) is 5.73 Å². The van der Waals surface area contributed by atoms with E-state index in [-0.39, 0.29) is 0 Å². The number of fused-ring (bicyclic) bond motifs is 1. The van der Waals surface area contributed by atoms with E-state index < -0.39 is 0 Å². The number of ether oxygens (including phenoxy) is 1. The van der Waals surface area contributed by atoms with Gasteiger partial charge in [-0.2, -0.15) is 0 Å². The molecule has 1 atom stereocenters. The summed E-state index contributed by atoms with van der Waals surface area (Å²) in [6, 6.07) is 7.11. The van der Waals surface area contributed by atoms with Gasteiger partial charge in [0.2, 0.25) is 0 Å². The van der Waals surface area contributed by atoms with E-state index in [9.17, 15) is 0 Å². The first kappa shape index (κ1) is 11.3. The van der Waals surface area contributed by atoms with Gasteiger partial charge < -0.3 is 15.4 Å². The molecule has 0 saturated heterocycles.